The molecule has 0 saturated carbocycles. The molecule has 1 heterocycles. The van der Waals surface area contributed by atoms with Crippen molar-refractivity contribution in [1.29, 1.82) is 0 Å². The Kier molecular flexibility index (Phi) is 8.30. The molecule has 1 fully saturated rings. The first-order chi connectivity index (χ1) is 13.0. The summed E-state index contributed by atoms with van der Waals surface area (Å²) in [7, 11) is -3.15. The fraction of sp³-hybridized carbons (Fsp3) is 0.611. The molecular weight excluding hydrogens is 369 g/mol. The van der Waals surface area contributed by atoms with Crippen LogP contribution < -0.4 is 14.9 Å². The van der Waals surface area contributed by atoms with Crippen LogP contribution in [0, 0.1) is 5.82 Å². The Labute approximate surface area is 161 Å². The SMILES string of the molecule is CCNC(=NCCCNS(=O)(=O)CC)N1CCN(c2ccccc2F)CC1. The Balaban J connectivity index is 1.85. The zero-order valence-corrected chi connectivity index (χ0v) is 16.9. The van der Waals surface area contributed by atoms with Crippen LogP contribution in [0.25, 0.3) is 0 Å². The van der Waals surface area contributed by atoms with Gasteiger partial charge in [-0.3, -0.25) is 4.99 Å². The van der Waals surface area contributed by atoms with Crippen molar-refractivity contribution >= 4 is 21.7 Å². The Morgan fingerprint density at radius 3 is 2.52 bits per heavy atom. The smallest absolute Gasteiger partial charge is 0.211 e. The zero-order chi connectivity index (χ0) is 19.7. The summed E-state index contributed by atoms with van der Waals surface area (Å²) in [5.74, 6) is 0.718. The molecule has 2 rings (SSSR count). The van der Waals surface area contributed by atoms with Crippen LogP contribution in [0.3, 0.4) is 0 Å². The highest BCUT2D eigenvalue weighted by Crippen LogP contribution is 2.20. The molecule has 1 aromatic rings. The van der Waals surface area contributed by atoms with Crippen LogP contribution in [-0.2, 0) is 10.0 Å². The van der Waals surface area contributed by atoms with Crippen LogP contribution in [0.4, 0.5) is 10.1 Å². The van der Waals surface area contributed by atoms with Gasteiger partial charge in [-0.1, -0.05) is 12.1 Å². The maximum Gasteiger partial charge on any atom is 0.211 e. The van der Waals surface area contributed by atoms with E-state index >= 15 is 0 Å². The lowest BCUT2D eigenvalue weighted by atomic mass is 10.2. The first-order valence-corrected chi connectivity index (χ1v) is 11.1. The van der Waals surface area contributed by atoms with E-state index in [-0.39, 0.29) is 11.6 Å². The summed E-state index contributed by atoms with van der Waals surface area (Å²) >= 11 is 0. The number of nitrogens with one attached hydrogen (secondary N) is 2. The van der Waals surface area contributed by atoms with E-state index in [4.69, 9.17) is 0 Å². The second-order valence-electron chi connectivity index (χ2n) is 6.31. The van der Waals surface area contributed by atoms with Crippen LogP contribution in [-0.4, -0.2) is 70.8 Å². The maximum atomic E-state index is 14.0. The van der Waals surface area contributed by atoms with Crippen molar-refractivity contribution in [3.8, 4) is 0 Å². The number of hydrogen-bond acceptors (Lipinski definition) is 4. The second-order valence-corrected chi connectivity index (χ2v) is 8.41. The predicted molar refractivity (Wildman–Crippen MR) is 108 cm³/mol. The summed E-state index contributed by atoms with van der Waals surface area (Å²) in [6.45, 7) is 8.27. The van der Waals surface area contributed by atoms with Gasteiger partial charge in [0.2, 0.25) is 10.0 Å². The van der Waals surface area contributed by atoms with Crippen LogP contribution in [0.5, 0.6) is 0 Å². The van der Waals surface area contributed by atoms with Crippen molar-refractivity contribution in [1.82, 2.24) is 14.9 Å². The molecule has 0 atom stereocenters. The largest absolute Gasteiger partial charge is 0.366 e. The van der Waals surface area contributed by atoms with E-state index in [1.54, 1.807) is 13.0 Å². The van der Waals surface area contributed by atoms with Gasteiger partial charge in [0.1, 0.15) is 5.82 Å². The zero-order valence-electron chi connectivity index (χ0n) is 16.1. The van der Waals surface area contributed by atoms with Crippen molar-refractivity contribution in [2.24, 2.45) is 4.99 Å². The summed E-state index contributed by atoms with van der Waals surface area (Å²) in [5, 5.41) is 3.28. The molecule has 7 nitrogen and oxygen atoms in total. The highest BCUT2D eigenvalue weighted by Gasteiger charge is 2.21. The first-order valence-electron chi connectivity index (χ1n) is 9.47. The number of rotatable bonds is 8. The molecule has 0 amide bonds. The molecule has 27 heavy (non-hydrogen) atoms. The normalized spacial score (nSPS) is 15.9. The van der Waals surface area contributed by atoms with Crippen molar-refractivity contribution in [2.75, 3.05) is 56.5 Å². The third-order valence-corrected chi connectivity index (χ3v) is 5.81. The third-order valence-electron chi connectivity index (χ3n) is 4.41. The monoisotopic (exact) mass is 399 g/mol. The van der Waals surface area contributed by atoms with Gasteiger partial charge in [-0.25, -0.2) is 17.5 Å². The van der Waals surface area contributed by atoms with Gasteiger partial charge in [0, 0.05) is 45.8 Å². The van der Waals surface area contributed by atoms with Gasteiger partial charge in [0.25, 0.3) is 0 Å². The summed E-state index contributed by atoms with van der Waals surface area (Å²) in [6, 6.07) is 6.84. The van der Waals surface area contributed by atoms with Crippen molar-refractivity contribution in [3.05, 3.63) is 30.1 Å². The third kappa shape index (κ3) is 6.66. The highest BCUT2D eigenvalue weighted by molar-refractivity contribution is 7.89. The van der Waals surface area contributed by atoms with E-state index in [2.05, 4.69) is 24.8 Å². The van der Waals surface area contributed by atoms with E-state index in [0.717, 1.165) is 38.7 Å². The average Bonchev–Trinajstić information content (AvgIpc) is 2.67. The Hall–Kier alpha value is -1.87. The number of sulfonamides is 1. The molecule has 0 aromatic heterocycles. The quantitative estimate of drug-likeness (QED) is 0.391. The molecule has 1 aliphatic heterocycles. The number of halogens is 1. The molecule has 1 saturated heterocycles. The lowest BCUT2D eigenvalue weighted by molar-refractivity contribution is 0.370. The molecule has 0 aliphatic carbocycles. The minimum absolute atomic E-state index is 0.0885. The van der Waals surface area contributed by atoms with Gasteiger partial charge >= 0.3 is 0 Å². The Morgan fingerprint density at radius 2 is 1.89 bits per heavy atom. The fourth-order valence-electron chi connectivity index (χ4n) is 2.89. The van der Waals surface area contributed by atoms with Gasteiger partial charge in [-0.2, -0.15) is 0 Å². The van der Waals surface area contributed by atoms with E-state index in [1.165, 1.54) is 6.07 Å². The van der Waals surface area contributed by atoms with Gasteiger partial charge in [-0.05, 0) is 32.4 Å². The molecule has 152 valence electrons. The highest BCUT2D eigenvalue weighted by atomic mass is 32.2. The number of benzene rings is 1. The summed E-state index contributed by atoms with van der Waals surface area (Å²) in [6.07, 6.45) is 0.642. The molecule has 2 N–H and O–H groups in total. The number of nitrogens with zero attached hydrogens (tertiary/aromatic N) is 3. The van der Waals surface area contributed by atoms with E-state index in [1.807, 2.05) is 19.1 Å². The van der Waals surface area contributed by atoms with Crippen LogP contribution in [0.1, 0.15) is 20.3 Å². The molecule has 0 unspecified atom stereocenters. The number of piperazine rings is 1. The molecule has 9 heteroatoms. The second kappa shape index (κ2) is 10.5. The lowest BCUT2D eigenvalue weighted by Crippen LogP contribution is -2.52. The maximum absolute atomic E-state index is 14.0. The lowest BCUT2D eigenvalue weighted by Gasteiger charge is -2.37. The van der Waals surface area contributed by atoms with Crippen LogP contribution in [0.15, 0.2) is 29.3 Å². The standard InChI is InChI=1S/C18H30FN5O2S/c1-3-20-18(21-10-7-11-22-27(25,26)4-2)24-14-12-23(13-15-24)17-9-6-5-8-16(17)19/h5-6,8-9,22H,3-4,7,10-15H2,1-2H3,(H,20,21). The van der Waals surface area contributed by atoms with Crippen LogP contribution in [0.2, 0.25) is 0 Å². The van der Waals surface area contributed by atoms with Gasteiger partial charge in [-0.15, -0.1) is 0 Å². The van der Waals surface area contributed by atoms with Crippen molar-refractivity contribution in [2.45, 2.75) is 20.3 Å². The van der Waals surface area contributed by atoms with Gasteiger partial charge in [0.05, 0.1) is 11.4 Å². The number of guanidine groups is 1. The Morgan fingerprint density at radius 1 is 1.19 bits per heavy atom. The first kappa shape index (κ1) is 21.4. The van der Waals surface area contributed by atoms with Gasteiger partial charge < -0.3 is 15.1 Å². The molecule has 0 spiro atoms. The Bertz CT molecular complexity index is 718. The van der Waals surface area contributed by atoms with E-state index < -0.39 is 10.0 Å². The predicted octanol–water partition coefficient (Wildman–Crippen LogP) is 1.24. The molecule has 1 aliphatic rings. The molecular formula is C18H30FN5O2S. The molecule has 1 aromatic carbocycles. The number of hydrogen-bond donors (Lipinski definition) is 2. The minimum Gasteiger partial charge on any atom is -0.366 e. The topological polar surface area (TPSA) is 77.0 Å². The van der Waals surface area contributed by atoms with E-state index in [9.17, 15) is 12.8 Å². The van der Waals surface area contributed by atoms with Gasteiger partial charge in [0.15, 0.2) is 5.96 Å². The number of anilines is 1. The van der Waals surface area contributed by atoms with Crippen molar-refractivity contribution in [3.63, 3.8) is 0 Å². The minimum atomic E-state index is -3.15. The number of para-hydroxylation sites is 1. The molecule has 0 bridgehead atoms. The number of aliphatic imine (C=N–C) groups is 1. The van der Waals surface area contributed by atoms with Crippen LogP contribution >= 0.6 is 0 Å². The summed E-state index contributed by atoms with van der Waals surface area (Å²) in [4.78, 5) is 8.82. The molecule has 0 radical (unpaired) electrons. The van der Waals surface area contributed by atoms with E-state index in [0.29, 0.717) is 25.2 Å². The summed E-state index contributed by atoms with van der Waals surface area (Å²) < 4.78 is 39.3. The fourth-order valence-corrected chi connectivity index (χ4v) is 3.55. The summed E-state index contributed by atoms with van der Waals surface area (Å²) in [5.41, 5.74) is 0.641. The average molecular weight is 400 g/mol. The van der Waals surface area contributed by atoms with Crippen molar-refractivity contribution < 1.29 is 12.8 Å².